The van der Waals surface area contributed by atoms with Gasteiger partial charge in [0.05, 0.1) is 11.2 Å². The van der Waals surface area contributed by atoms with E-state index in [1.165, 1.54) is 35.9 Å². The van der Waals surface area contributed by atoms with Gasteiger partial charge in [-0.2, -0.15) is 0 Å². The molecule has 0 spiro atoms. The molecule has 1 aliphatic heterocycles. The van der Waals surface area contributed by atoms with Gasteiger partial charge in [-0.15, -0.1) is 0 Å². The van der Waals surface area contributed by atoms with Crippen LogP contribution < -0.4 is 5.46 Å². The molecule has 0 bridgehead atoms. The summed E-state index contributed by atoms with van der Waals surface area (Å²) in [5, 5.41) is 0. The minimum Gasteiger partial charge on any atom is -0.399 e. The molecule has 3 rings (SSSR count). The zero-order valence-corrected chi connectivity index (χ0v) is 15.8. The molecule has 1 aliphatic carbocycles. The van der Waals surface area contributed by atoms with Crippen LogP contribution in [0.1, 0.15) is 71.9 Å². The molecule has 0 amide bonds. The molecule has 1 saturated carbocycles. The molecule has 126 valence electrons. The van der Waals surface area contributed by atoms with Gasteiger partial charge in [0.15, 0.2) is 0 Å². The maximum atomic E-state index is 6.29. The first kappa shape index (κ1) is 17.0. The molecule has 0 N–H and O–H groups in total. The van der Waals surface area contributed by atoms with Crippen molar-refractivity contribution in [2.24, 2.45) is 5.92 Å². The third-order valence-corrected chi connectivity index (χ3v) is 6.87. The molecule has 23 heavy (non-hydrogen) atoms. The van der Waals surface area contributed by atoms with E-state index in [-0.39, 0.29) is 23.7 Å². The smallest absolute Gasteiger partial charge is 0.399 e. The molecule has 0 aromatic heterocycles. The summed E-state index contributed by atoms with van der Waals surface area (Å²) in [5.41, 5.74) is 3.60. The Balaban J connectivity index is 1.97. The molecule has 3 heteroatoms. The largest absolute Gasteiger partial charge is 0.495 e. The second kappa shape index (κ2) is 5.36. The van der Waals surface area contributed by atoms with Gasteiger partial charge >= 0.3 is 7.12 Å². The Morgan fingerprint density at radius 1 is 1.04 bits per heavy atom. The molecule has 1 saturated heterocycles. The third kappa shape index (κ3) is 2.66. The Hall–Kier alpha value is -0.795. The van der Waals surface area contributed by atoms with E-state index in [2.05, 4.69) is 66.7 Å². The highest BCUT2D eigenvalue weighted by Crippen LogP contribution is 2.45. The Bertz CT molecular complexity index is 592. The van der Waals surface area contributed by atoms with E-state index in [1.54, 1.807) is 0 Å². The molecule has 1 aromatic carbocycles. The number of hydrogen-bond acceptors (Lipinski definition) is 2. The van der Waals surface area contributed by atoms with Crippen molar-refractivity contribution in [1.82, 2.24) is 0 Å². The van der Waals surface area contributed by atoms with Crippen LogP contribution >= 0.6 is 0 Å². The first-order valence-electron chi connectivity index (χ1n) is 9.03. The normalized spacial score (nSPS) is 32.5. The highest BCUT2D eigenvalue weighted by Gasteiger charge is 2.52. The average molecular weight is 314 g/mol. The van der Waals surface area contributed by atoms with Gasteiger partial charge in [-0.25, -0.2) is 0 Å². The Morgan fingerprint density at radius 3 is 2.17 bits per heavy atom. The lowest BCUT2D eigenvalue weighted by Gasteiger charge is -2.32. The van der Waals surface area contributed by atoms with Gasteiger partial charge in [0.2, 0.25) is 0 Å². The first-order chi connectivity index (χ1) is 10.6. The minimum atomic E-state index is -0.287. The van der Waals surface area contributed by atoms with Crippen molar-refractivity contribution in [2.45, 2.75) is 84.3 Å². The number of benzene rings is 1. The van der Waals surface area contributed by atoms with Crippen molar-refractivity contribution in [2.75, 3.05) is 0 Å². The number of rotatable bonds is 2. The molecule has 2 fully saturated rings. The number of aryl methyl sites for hydroxylation is 1. The first-order valence-corrected chi connectivity index (χ1v) is 9.03. The summed E-state index contributed by atoms with van der Waals surface area (Å²) in [4.78, 5) is 0. The van der Waals surface area contributed by atoms with Gasteiger partial charge in [-0.1, -0.05) is 44.0 Å². The maximum Gasteiger partial charge on any atom is 0.495 e. The van der Waals surface area contributed by atoms with Gasteiger partial charge in [0.25, 0.3) is 0 Å². The predicted molar refractivity (Wildman–Crippen MR) is 97.3 cm³/mol. The minimum absolute atomic E-state index is 0.264. The van der Waals surface area contributed by atoms with Crippen LogP contribution in [-0.4, -0.2) is 18.3 Å². The molecular weight excluding hydrogens is 283 g/mol. The van der Waals surface area contributed by atoms with Crippen molar-refractivity contribution < 1.29 is 9.31 Å². The van der Waals surface area contributed by atoms with E-state index in [0.717, 1.165) is 5.92 Å². The summed E-state index contributed by atoms with van der Waals surface area (Å²) in [6.07, 6.45) is 3.94. The van der Waals surface area contributed by atoms with Crippen LogP contribution in [0.3, 0.4) is 0 Å². The van der Waals surface area contributed by atoms with E-state index in [4.69, 9.17) is 9.31 Å². The van der Waals surface area contributed by atoms with Crippen LogP contribution in [0.15, 0.2) is 18.2 Å². The van der Waals surface area contributed by atoms with Crippen LogP contribution in [0.2, 0.25) is 0 Å². The molecule has 2 atom stereocenters. The zero-order chi connectivity index (χ0) is 17.0. The summed E-state index contributed by atoms with van der Waals surface area (Å²) >= 11 is 0. The Kier molecular flexibility index (Phi) is 3.97. The van der Waals surface area contributed by atoms with Gasteiger partial charge in [0.1, 0.15) is 0 Å². The Morgan fingerprint density at radius 2 is 1.65 bits per heavy atom. The summed E-state index contributed by atoms with van der Waals surface area (Å²) in [6.45, 7) is 15.4. The summed E-state index contributed by atoms with van der Waals surface area (Å²) in [7, 11) is -0.264. The lowest BCUT2D eigenvalue weighted by Crippen LogP contribution is -2.41. The average Bonchev–Trinajstić information content (AvgIpc) is 2.88. The lowest BCUT2D eigenvalue weighted by atomic mass is 9.69. The van der Waals surface area contributed by atoms with Crippen molar-refractivity contribution >= 4 is 12.6 Å². The topological polar surface area (TPSA) is 18.5 Å². The summed E-state index contributed by atoms with van der Waals surface area (Å²) in [6, 6.07) is 6.90. The fourth-order valence-corrected chi connectivity index (χ4v) is 3.99. The molecule has 1 heterocycles. The van der Waals surface area contributed by atoms with Crippen LogP contribution in [0.5, 0.6) is 0 Å². The van der Waals surface area contributed by atoms with Crippen molar-refractivity contribution in [3.05, 3.63) is 29.3 Å². The lowest BCUT2D eigenvalue weighted by molar-refractivity contribution is 0.00578. The second-order valence-electron chi connectivity index (χ2n) is 8.87. The Labute approximate surface area is 142 Å². The predicted octanol–water partition coefficient (Wildman–Crippen LogP) is 4.37. The monoisotopic (exact) mass is 314 g/mol. The second-order valence-corrected chi connectivity index (χ2v) is 8.87. The fourth-order valence-electron chi connectivity index (χ4n) is 3.99. The zero-order valence-electron chi connectivity index (χ0n) is 15.8. The molecule has 2 nitrogen and oxygen atoms in total. The summed E-state index contributed by atoms with van der Waals surface area (Å²) < 4.78 is 12.6. The van der Waals surface area contributed by atoms with E-state index in [0.29, 0.717) is 0 Å². The summed E-state index contributed by atoms with van der Waals surface area (Å²) in [5.74, 6) is 0.733. The molecule has 0 radical (unpaired) electrons. The standard InChI is InChI=1S/C20H31BO2/c1-14-10-11-16(20(7)12-8-9-15(20)2)13-17(14)21-22-18(3,4)19(5,6)23-21/h10-11,13,15H,8-9,12H2,1-7H3. The molecular formula is C20H31BO2. The van der Waals surface area contributed by atoms with Gasteiger partial charge in [0, 0.05) is 0 Å². The van der Waals surface area contributed by atoms with Crippen LogP contribution in [-0.2, 0) is 14.7 Å². The van der Waals surface area contributed by atoms with E-state index >= 15 is 0 Å². The van der Waals surface area contributed by atoms with Crippen LogP contribution in [0.4, 0.5) is 0 Å². The SMILES string of the molecule is Cc1ccc(C2(C)CCCC2C)cc1B1OC(C)(C)C(C)(C)O1. The van der Waals surface area contributed by atoms with E-state index < -0.39 is 0 Å². The third-order valence-electron chi connectivity index (χ3n) is 6.87. The highest BCUT2D eigenvalue weighted by molar-refractivity contribution is 6.62. The van der Waals surface area contributed by atoms with Gasteiger partial charge in [-0.3, -0.25) is 0 Å². The highest BCUT2D eigenvalue weighted by atomic mass is 16.7. The van der Waals surface area contributed by atoms with Crippen molar-refractivity contribution in [1.29, 1.82) is 0 Å². The molecule has 2 aliphatic rings. The van der Waals surface area contributed by atoms with Crippen LogP contribution in [0, 0.1) is 12.8 Å². The van der Waals surface area contributed by atoms with Gasteiger partial charge < -0.3 is 9.31 Å². The van der Waals surface area contributed by atoms with Crippen molar-refractivity contribution in [3.63, 3.8) is 0 Å². The van der Waals surface area contributed by atoms with Crippen molar-refractivity contribution in [3.8, 4) is 0 Å². The van der Waals surface area contributed by atoms with Crippen LogP contribution in [0.25, 0.3) is 0 Å². The number of hydrogen-bond donors (Lipinski definition) is 0. The van der Waals surface area contributed by atoms with Gasteiger partial charge in [-0.05, 0) is 69.8 Å². The fraction of sp³-hybridized carbons (Fsp3) is 0.700. The molecule has 1 aromatic rings. The molecule has 2 unspecified atom stereocenters. The van der Waals surface area contributed by atoms with E-state index in [1.807, 2.05) is 0 Å². The van der Waals surface area contributed by atoms with E-state index in [9.17, 15) is 0 Å². The maximum absolute atomic E-state index is 6.29. The quantitative estimate of drug-likeness (QED) is 0.755.